The smallest absolute Gasteiger partial charge is 0.249 e. The first-order valence-electron chi connectivity index (χ1n) is 23.4. The summed E-state index contributed by atoms with van der Waals surface area (Å²) in [6.07, 6.45) is 11.0. The zero-order valence-corrected chi connectivity index (χ0v) is 41.4. The number of nitrogens with one attached hydrogen (secondary N) is 6. The average molecular weight is 1020 g/mol. The van der Waals surface area contributed by atoms with Gasteiger partial charge < -0.3 is 45.7 Å². The first kappa shape index (κ1) is 48.9. The summed E-state index contributed by atoms with van der Waals surface area (Å²) in [4.78, 5) is 46.2. The van der Waals surface area contributed by atoms with Crippen LogP contribution in [0.3, 0.4) is 0 Å². The maximum atomic E-state index is 15.0. The van der Waals surface area contributed by atoms with Crippen LogP contribution in [0.2, 0.25) is 0 Å². The normalized spacial score (nSPS) is 17.4. The fraction of sp³-hybridized carbons (Fsp3) is 0.458. The molecule has 16 nitrogen and oxygen atoms in total. The summed E-state index contributed by atoms with van der Waals surface area (Å²) in [7, 11) is -1.12. The van der Waals surface area contributed by atoms with E-state index in [2.05, 4.69) is 86.7 Å². The van der Waals surface area contributed by atoms with Crippen LogP contribution in [0.4, 0.5) is 49.0 Å². The van der Waals surface area contributed by atoms with E-state index in [1.807, 2.05) is 17.0 Å². The fourth-order valence-corrected chi connectivity index (χ4v) is 11.1. The lowest BCUT2D eigenvalue weighted by molar-refractivity contribution is -0.133. The molecule has 0 bridgehead atoms. The van der Waals surface area contributed by atoms with Gasteiger partial charge in [0.05, 0.1) is 33.8 Å². The SMILES string of the molecule is CCc1cc(Nc2ncc(Br)c(Nc3ccc4nccnc4c3P(C)(C)=O)n2)c(OC)cc1N1CCC(NCCNCCC2CCN(c3cc(F)c(NC4CCC(=O)NC4=O)c(F)c3)CC2)CC1. The Morgan fingerprint density at radius 3 is 2.32 bits per heavy atom. The molecule has 3 aliphatic rings. The molecule has 2 amide bonds. The maximum Gasteiger partial charge on any atom is 0.249 e. The molecule has 0 radical (unpaired) electrons. The Balaban J connectivity index is 0.773. The minimum absolute atomic E-state index is 0.120. The number of hydrogen-bond acceptors (Lipinski definition) is 15. The maximum absolute atomic E-state index is 15.0. The highest BCUT2D eigenvalue weighted by atomic mass is 79.9. The molecule has 20 heteroatoms. The molecule has 0 saturated carbocycles. The third kappa shape index (κ3) is 11.7. The van der Waals surface area contributed by atoms with Crippen molar-refractivity contribution in [3.63, 3.8) is 0 Å². The number of anilines is 7. The van der Waals surface area contributed by atoms with Crippen molar-refractivity contribution in [1.82, 2.24) is 35.9 Å². The zero-order valence-electron chi connectivity index (χ0n) is 38.9. The highest BCUT2D eigenvalue weighted by Gasteiger charge is 2.30. The Morgan fingerprint density at radius 1 is 0.882 bits per heavy atom. The number of methoxy groups -OCH3 is 1. The van der Waals surface area contributed by atoms with Crippen LogP contribution >= 0.6 is 23.1 Å². The van der Waals surface area contributed by atoms with Gasteiger partial charge in [0, 0.05) is 87.8 Å². The molecule has 0 aliphatic carbocycles. The van der Waals surface area contributed by atoms with Gasteiger partial charge in [0.15, 0.2) is 11.6 Å². The molecule has 3 saturated heterocycles. The van der Waals surface area contributed by atoms with Crippen LogP contribution in [0.1, 0.15) is 57.4 Å². The van der Waals surface area contributed by atoms with Crippen LogP contribution in [-0.2, 0) is 20.6 Å². The van der Waals surface area contributed by atoms with E-state index in [1.54, 1.807) is 39.0 Å². The van der Waals surface area contributed by atoms with Crippen LogP contribution in [0, 0.1) is 17.6 Å². The van der Waals surface area contributed by atoms with E-state index in [9.17, 15) is 14.2 Å². The molecular weight excluding hydrogens is 957 g/mol. The summed E-state index contributed by atoms with van der Waals surface area (Å²) in [5, 5.41) is 19.6. The summed E-state index contributed by atoms with van der Waals surface area (Å²) in [5.74, 6) is -0.384. The van der Waals surface area contributed by atoms with E-state index in [-0.39, 0.29) is 24.4 Å². The van der Waals surface area contributed by atoms with E-state index >= 15 is 8.78 Å². The van der Waals surface area contributed by atoms with Gasteiger partial charge in [-0.3, -0.25) is 24.9 Å². The molecule has 362 valence electrons. The number of carbonyl (C=O) groups excluding carboxylic acids is 2. The first-order chi connectivity index (χ1) is 32.8. The van der Waals surface area contributed by atoms with E-state index in [1.165, 1.54) is 17.7 Å². The number of benzene rings is 3. The number of nitrogens with zero attached hydrogens (tertiary/aromatic N) is 6. The number of hydrogen-bond donors (Lipinski definition) is 6. The topological polar surface area (TPSA) is 191 Å². The lowest BCUT2D eigenvalue weighted by atomic mass is 9.93. The van der Waals surface area contributed by atoms with Crippen molar-refractivity contribution in [2.75, 3.05) is 92.0 Å². The van der Waals surface area contributed by atoms with E-state index in [0.717, 1.165) is 82.6 Å². The zero-order chi connectivity index (χ0) is 48.0. The third-order valence-corrected chi connectivity index (χ3v) is 15.2. The molecule has 3 aliphatic heterocycles. The summed E-state index contributed by atoms with van der Waals surface area (Å²) in [5.41, 5.74) is 5.14. The average Bonchev–Trinajstić information content (AvgIpc) is 3.32. The van der Waals surface area contributed by atoms with Gasteiger partial charge in [-0.2, -0.15) is 4.98 Å². The van der Waals surface area contributed by atoms with Crippen LogP contribution in [0.5, 0.6) is 5.75 Å². The third-order valence-electron chi connectivity index (χ3n) is 13.0. The van der Waals surface area contributed by atoms with Crippen molar-refractivity contribution in [1.29, 1.82) is 0 Å². The van der Waals surface area contributed by atoms with Gasteiger partial charge in [-0.1, -0.05) is 6.92 Å². The highest BCUT2D eigenvalue weighted by Crippen LogP contribution is 2.42. The van der Waals surface area contributed by atoms with Crippen molar-refractivity contribution in [2.24, 2.45) is 5.92 Å². The van der Waals surface area contributed by atoms with Crippen molar-refractivity contribution in [3.05, 3.63) is 76.7 Å². The fourth-order valence-electron chi connectivity index (χ4n) is 9.37. The van der Waals surface area contributed by atoms with E-state index in [0.29, 0.717) is 74.8 Å². The van der Waals surface area contributed by atoms with Crippen LogP contribution < -0.4 is 51.7 Å². The highest BCUT2D eigenvalue weighted by molar-refractivity contribution is 9.10. The first-order valence-corrected chi connectivity index (χ1v) is 26.8. The lowest BCUT2D eigenvalue weighted by Crippen LogP contribution is -2.47. The summed E-state index contributed by atoms with van der Waals surface area (Å²) in [6.45, 7) is 11.5. The Kier molecular flexibility index (Phi) is 15.7. The predicted octanol–water partition coefficient (Wildman–Crippen LogP) is 7.44. The van der Waals surface area contributed by atoms with Gasteiger partial charge in [-0.15, -0.1) is 0 Å². The molecule has 3 fully saturated rings. The molecule has 0 spiro atoms. The number of fused-ring (bicyclic) bond motifs is 1. The number of rotatable bonds is 18. The van der Waals surface area contributed by atoms with Crippen LogP contribution in [0.25, 0.3) is 11.0 Å². The van der Waals surface area contributed by atoms with Gasteiger partial charge in [-0.05, 0) is 123 Å². The summed E-state index contributed by atoms with van der Waals surface area (Å²) in [6, 6.07) is 10.1. The quantitative estimate of drug-likeness (QED) is 0.0288. The molecule has 1 atom stereocenters. The van der Waals surface area contributed by atoms with Crippen LogP contribution in [-0.4, -0.2) is 110 Å². The minimum atomic E-state index is -2.78. The molecule has 68 heavy (non-hydrogen) atoms. The Morgan fingerprint density at radius 2 is 1.62 bits per heavy atom. The number of carbonyl (C=O) groups is 2. The molecule has 6 N–H and O–H groups in total. The standard InChI is InChI=1S/C48H60BrF2N12O4P/c1-5-30-24-39(59-48-56-28-33(49)46(61-48)58-37-7-6-36-44(55-19-18-54-36)45(37)68(3,4)66)41(67-2)27-40(30)63-22-13-31(14-23-63)53-17-16-52-15-10-29-11-20-62(21-12-29)32-25-34(50)43(35(51)26-32)57-38-8-9-42(64)60-47(38)65/h6-7,18-19,24-29,31,38,52-53,57H,5,8-17,20-23H2,1-4H3,(H,60,64,65)(H2,56,58,59,61). The molecule has 1 unspecified atom stereocenters. The van der Waals surface area contributed by atoms with Crippen molar-refractivity contribution < 1.29 is 27.7 Å². The Bertz CT molecular complexity index is 2650. The van der Waals surface area contributed by atoms with Crippen molar-refractivity contribution in [2.45, 2.75) is 70.4 Å². The summed E-state index contributed by atoms with van der Waals surface area (Å²) < 4.78 is 50.2. The van der Waals surface area contributed by atoms with Gasteiger partial charge in [-0.25, -0.2) is 13.8 Å². The van der Waals surface area contributed by atoms with Crippen LogP contribution in [0.15, 0.2) is 59.5 Å². The lowest BCUT2D eigenvalue weighted by Gasteiger charge is -2.35. The monoisotopic (exact) mass is 1020 g/mol. The van der Waals surface area contributed by atoms with Gasteiger partial charge >= 0.3 is 0 Å². The van der Waals surface area contributed by atoms with Gasteiger partial charge in [0.2, 0.25) is 17.8 Å². The van der Waals surface area contributed by atoms with E-state index < -0.39 is 30.7 Å². The molecule has 5 heterocycles. The number of imide groups is 1. The number of aryl methyl sites for hydroxylation is 1. The second kappa shape index (κ2) is 21.9. The Hall–Kier alpha value is -5.49. The van der Waals surface area contributed by atoms with Crippen molar-refractivity contribution in [3.8, 4) is 5.75 Å². The van der Waals surface area contributed by atoms with Crippen molar-refractivity contribution >= 4 is 91.4 Å². The number of ether oxygens (including phenoxy) is 1. The molecule has 5 aromatic rings. The van der Waals surface area contributed by atoms with E-state index in [4.69, 9.17) is 9.72 Å². The number of aromatic nitrogens is 4. The Labute approximate surface area is 404 Å². The predicted molar refractivity (Wildman–Crippen MR) is 269 cm³/mol. The number of halogens is 3. The minimum Gasteiger partial charge on any atom is -0.494 e. The number of amides is 2. The molecule has 2 aromatic heterocycles. The largest absolute Gasteiger partial charge is 0.494 e. The summed E-state index contributed by atoms with van der Waals surface area (Å²) >= 11 is 3.59. The molecular formula is C48H60BrF2N12O4P. The molecule has 3 aromatic carbocycles. The number of piperidine rings is 3. The molecule has 8 rings (SSSR count). The van der Waals surface area contributed by atoms with Gasteiger partial charge in [0.1, 0.15) is 36.0 Å². The second-order valence-corrected chi connectivity index (χ2v) is 22.0. The van der Waals surface area contributed by atoms with Gasteiger partial charge in [0.25, 0.3) is 0 Å². The second-order valence-electron chi connectivity index (χ2n) is 18.0.